The number of H-pyrrole nitrogens is 3. The van der Waals surface area contributed by atoms with Gasteiger partial charge in [0.2, 0.25) is 17.3 Å². The Labute approximate surface area is 524 Å². The van der Waals surface area contributed by atoms with Gasteiger partial charge in [0.1, 0.15) is 43.3 Å². The smallest absolute Gasteiger partial charge is 0.253 e. The first kappa shape index (κ1) is 63.8. The highest BCUT2D eigenvalue weighted by atomic mass is 35.5. The fourth-order valence-corrected chi connectivity index (χ4v) is 10.8. The number of ether oxygens (including phenoxy) is 3. The van der Waals surface area contributed by atoms with Crippen molar-refractivity contribution in [2.75, 3.05) is 26.9 Å². The number of halogens is 6. The second kappa shape index (κ2) is 31.2. The second-order valence-electron chi connectivity index (χ2n) is 18.9. The molecule has 0 fully saturated rings. The van der Waals surface area contributed by atoms with Crippen LogP contribution < -0.4 is 30.9 Å². The number of aliphatic hydroxyl groups is 1. The number of hydrogen-bond donors (Lipinski definition) is 4. The van der Waals surface area contributed by atoms with Crippen molar-refractivity contribution in [3.8, 4) is 17.5 Å². The molecule has 0 atom stereocenters. The maximum Gasteiger partial charge on any atom is 0.253 e. The van der Waals surface area contributed by atoms with Gasteiger partial charge in [0.15, 0.2) is 0 Å². The predicted octanol–water partition coefficient (Wildman–Crippen LogP) is 16.8. The van der Waals surface area contributed by atoms with Crippen LogP contribution in [0.4, 0.5) is 0 Å². The van der Waals surface area contributed by atoms with Crippen molar-refractivity contribution in [3.05, 3.63) is 268 Å². The Morgan fingerprint density at radius 3 is 1.55 bits per heavy atom. The molecule has 0 radical (unpaired) electrons. The number of aliphatic hydroxyl groups excluding tert-OH is 1. The molecule has 13 nitrogen and oxygen atoms in total. The molecule has 0 unspecified atom stereocenters. The fourth-order valence-electron chi connectivity index (χ4n) is 9.21. The lowest BCUT2D eigenvalue weighted by Crippen LogP contribution is -2.13. The SMILES string of the molecule is C=CCOc1cc2ccccc2c(Cl)n1.C=CCc1c(=O)[nH]c(Cl)c2ccccc12.COc1cc2ccccc2c(Cl)n1.Clc1nc2c(c3ccccc13)OCCC2.O=c1[nH]c(Cl)c2ccccc2c1CCCO.O=c1cc2ccccc2c(Cl)[nH]1. The third-order valence-corrected chi connectivity index (χ3v) is 15.0. The van der Waals surface area contributed by atoms with E-state index in [9.17, 15) is 14.4 Å². The molecule has 86 heavy (non-hydrogen) atoms. The van der Waals surface area contributed by atoms with E-state index in [-0.39, 0.29) is 23.3 Å². The minimum absolute atomic E-state index is 0.0798. The van der Waals surface area contributed by atoms with E-state index < -0.39 is 0 Å². The van der Waals surface area contributed by atoms with Crippen molar-refractivity contribution >= 4 is 134 Å². The highest BCUT2D eigenvalue weighted by Gasteiger charge is 2.17. The lowest BCUT2D eigenvalue weighted by Gasteiger charge is -2.18. The Hall–Kier alpha value is -8.24. The summed E-state index contributed by atoms with van der Waals surface area (Å²) in [7, 11) is 1.58. The van der Waals surface area contributed by atoms with Crippen LogP contribution in [0.3, 0.4) is 0 Å². The Morgan fingerprint density at radius 2 is 0.988 bits per heavy atom. The van der Waals surface area contributed by atoms with Gasteiger partial charge in [0.25, 0.3) is 11.1 Å². The summed E-state index contributed by atoms with van der Waals surface area (Å²) in [5.41, 5.74) is 1.92. The van der Waals surface area contributed by atoms with E-state index in [0.717, 1.165) is 95.5 Å². The molecule has 1 aliphatic heterocycles. The average Bonchev–Trinajstić information content (AvgIpc) is 1.44. The first-order chi connectivity index (χ1) is 41.7. The molecular formula is C67H56Cl6N6O7. The van der Waals surface area contributed by atoms with Gasteiger partial charge in [-0.1, -0.05) is 234 Å². The van der Waals surface area contributed by atoms with E-state index in [0.29, 0.717) is 79.7 Å². The number of fused-ring (bicyclic) bond motifs is 8. The topological polar surface area (TPSA) is 185 Å². The summed E-state index contributed by atoms with van der Waals surface area (Å²) in [4.78, 5) is 54.7. The van der Waals surface area contributed by atoms with E-state index in [1.54, 1.807) is 19.3 Å². The average molecular weight is 1270 g/mol. The molecule has 12 aromatic rings. The third kappa shape index (κ3) is 16.2. The normalized spacial score (nSPS) is 11.2. The monoisotopic (exact) mass is 1270 g/mol. The van der Waals surface area contributed by atoms with Crippen molar-refractivity contribution in [2.24, 2.45) is 0 Å². The summed E-state index contributed by atoms with van der Waals surface area (Å²) in [6, 6.07) is 51.4. The zero-order valence-corrected chi connectivity index (χ0v) is 50.9. The molecule has 6 aromatic heterocycles. The molecule has 13 rings (SSSR count). The van der Waals surface area contributed by atoms with Gasteiger partial charge in [-0.05, 0) is 59.0 Å². The van der Waals surface area contributed by atoms with Gasteiger partial charge in [-0.3, -0.25) is 14.4 Å². The number of hydrogen-bond acceptors (Lipinski definition) is 10. The zero-order chi connectivity index (χ0) is 61.1. The van der Waals surface area contributed by atoms with Crippen LogP contribution in [0.5, 0.6) is 17.5 Å². The number of allylic oxidation sites excluding steroid dienone is 1. The number of aromatic nitrogens is 6. The van der Waals surface area contributed by atoms with Gasteiger partial charge in [-0.25, -0.2) is 15.0 Å². The van der Waals surface area contributed by atoms with E-state index in [4.69, 9.17) is 88.9 Å². The molecule has 7 heterocycles. The quantitative estimate of drug-likeness (QED) is 0.0801. The van der Waals surface area contributed by atoms with Crippen LogP contribution in [0, 0.1) is 0 Å². The standard InChI is InChI=1S/C12H12ClNO2.3C12H10ClNO.C10H8ClNO.C9H6ClNO/c13-11-9-5-2-1-4-8(9)10(6-3-7-15)12(16)14-11;13-12-9-5-2-1-4-8(9)11-10(14-12)6-3-7-15-11;1-2-7-15-11-8-9-5-3-4-6-10(9)12(13)14-11;1-2-5-10-8-6-3-4-7-9(8)11(13)14-12(10)15;1-13-9-6-7-4-2-3-5-8(7)10(11)12-9;10-9-7-4-2-1-3-6(7)5-8(12)11-9/h1-2,4-5,15H,3,6-7H2,(H,14,16);1-2,4-5H,3,6-7H2;2-6,8H,1,7H2;2-4,6-7H,1,5H2,(H,14,15);2-6H,1H3;1-5H,(H,11,12). The fraction of sp³-hybridized carbons (Fsp3) is 0.134. The van der Waals surface area contributed by atoms with E-state index in [1.165, 1.54) is 6.07 Å². The van der Waals surface area contributed by atoms with Crippen LogP contribution in [0.25, 0.3) is 64.6 Å². The van der Waals surface area contributed by atoms with Crippen LogP contribution in [0.1, 0.15) is 29.7 Å². The first-order valence-corrected chi connectivity index (χ1v) is 29.2. The van der Waals surface area contributed by atoms with Crippen molar-refractivity contribution in [3.63, 3.8) is 0 Å². The second-order valence-corrected chi connectivity index (χ2v) is 21.1. The molecule has 0 aliphatic carbocycles. The van der Waals surface area contributed by atoms with Gasteiger partial charge < -0.3 is 34.3 Å². The van der Waals surface area contributed by atoms with Crippen molar-refractivity contribution in [1.82, 2.24) is 29.9 Å². The van der Waals surface area contributed by atoms with E-state index in [2.05, 4.69) is 43.1 Å². The highest BCUT2D eigenvalue weighted by Crippen LogP contribution is 2.35. The minimum atomic E-state index is -0.169. The summed E-state index contributed by atoms with van der Waals surface area (Å²) in [6.07, 6.45) is 7.05. The number of aromatic amines is 3. The molecular weight excluding hydrogens is 1210 g/mol. The largest absolute Gasteiger partial charge is 0.491 e. The van der Waals surface area contributed by atoms with E-state index in [1.807, 2.05) is 158 Å². The molecule has 438 valence electrons. The number of methoxy groups -OCH3 is 1. The third-order valence-electron chi connectivity index (χ3n) is 13.2. The molecule has 19 heteroatoms. The molecule has 0 saturated heterocycles. The predicted molar refractivity (Wildman–Crippen MR) is 354 cm³/mol. The highest BCUT2D eigenvalue weighted by molar-refractivity contribution is 6.36. The molecule has 4 N–H and O–H groups in total. The molecule has 0 saturated carbocycles. The summed E-state index contributed by atoms with van der Waals surface area (Å²) in [5, 5.41) is 22.7. The van der Waals surface area contributed by atoms with Crippen molar-refractivity contribution < 1.29 is 19.3 Å². The van der Waals surface area contributed by atoms with Gasteiger partial charge in [0.05, 0.1) is 19.4 Å². The van der Waals surface area contributed by atoms with E-state index >= 15 is 0 Å². The lowest BCUT2D eigenvalue weighted by atomic mass is 10.0. The number of nitrogens with one attached hydrogen (secondary N) is 3. The van der Waals surface area contributed by atoms with Gasteiger partial charge >= 0.3 is 0 Å². The lowest BCUT2D eigenvalue weighted by molar-refractivity contribution is 0.288. The Balaban J connectivity index is 0.000000134. The van der Waals surface area contributed by atoms with Crippen LogP contribution in [-0.4, -0.2) is 61.9 Å². The Bertz CT molecular complexity index is 4560. The minimum Gasteiger partial charge on any atom is -0.491 e. The number of aryl methyl sites for hydroxylation is 2. The van der Waals surface area contributed by atoms with Gasteiger partial charge in [-0.15, -0.1) is 6.58 Å². The molecule has 0 bridgehead atoms. The zero-order valence-electron chi connectivity index (χ0n) is 46.3. The number of nitrogens with zero attached hydrogens (tertiary/aromatic N) is 3. The molecule has 0 spiro atoms. The summed E-state index contributed by atoms with van der Waals surface area (Å²) in [5.74, 6) is 1.99. The van der Waals surface area contributed by atoms with Crippen LogP contribution in [0.15, 0.2) is 203 Å². The number of benzene rings is 6. The number of pyridine rings is 6. The summed E-state index contributed by atoms with van der Waals surface area (Å²) < 4.78 is 16.0. The summed E-state index contributed by atoms with van der Waals surface area (Å²) >= 11 is 35.8. The maximum atomic E-state index is 11.7. The molecule has 1 aliphatic rings. The summed E-state index contributed by atoms with van der Waals surface area (Å²) in [6.45, 7) is 8.51. The van der Waals surface area contributed by atoms with Crippen LogP contribution >= 0.6 is 69.6 Å². The Kier molecular flexibility index (Phi) is 23.2. The van der Waals surface area contributed by atoms with Crippen molar-refractivity contribution in [2.45, 2.75) is 32.1 Å². The van der Waals surface area contributed by atoms with Crippen LogP contribution in [-0.2, 0) is 19.3 Å². The van der Waals surface area contributed by atoms with Crippen molar-refractivity contribution in [1.29, 1.82) is 0 Å². The number of rotatable bonds is 9. The maximum absolute atomic E-state index is 11.7. The van der Waals surface area contributed by atoms with Gasteiger partial charge in [0, 0.05) is 73.6 Å². The first-order valence-electron chi connectivity index (χ1n) is 26.9. The van der Waals surface area contributed by atoms with Gasteiger partial charge in [-0.2, -0.15) is 0 Å². The van der Waals surface area contributed by atoms with Crippen LogP contribution in [0.2, 0.25) is 30.9 Å². The molecule has 0 amide bonds. The molecule has 6 aromatic carbocycles. The Morgan fingerprint density at radius 1 is 0.535 bits per heavy atom.